The first-order valence-corrected chi connectivity index (χ1v) is 11.0. The summed E-state index contributed by atoms with van der Waals surface area (Å²) in [4.78, 5) is 11.6. The minimum atomic E-state index is -2.86. The van der Waals surface area contributed by atoms with E-state index >= 15 is 0 Å². The molecule has 1 saturated heterocycles. The van der Waals surface area contributed by atoms with E-state index < -0.39 is 6.61 Å². The molecule has 0 radical (unpaired) electrons. The number of alkyl halides is 2. The van der Waals surface area contributed by atoms with Gasteiger partial charge in [0.25, 0.3) is 0 Å². The number of imidazole rings is 1. The smallest absolute Gasteiger partial charge is 0.387 e. The molecule has 4 aromatic rings. The summed E-state index contributed by atoms with van der Waals surface area (Å²) >= 11 is 0. The summed E-state index contributed by atoms with van der Waals surface area (Å²) < 4.78 is 32.4. The first-order chi connectivity index (χ1) is 16.1. The third-order valence-corrected chi connectivity index (χ3v) is 5.99. The summed E-state index contributed by atoms with van der Waals surface area (Å²) in [5, 5.41) is 3.35. The molecule has 170 valence electrons. The number of pyridine rings is 2. The van der Waals surface area contributed by atoms with Gasteiger partial charge in [0, 0.05) is 67.4 Å². The van der Waals surface area contributed by atoms with Crippen molar-refractivity contribution in [1.82, 2.24) is 19.7 Å². The predicted octanol–water partition coefficient (Wildman–Crippen LogP) is 4.31. The van der Waals surface area contributed by atoms with E-state index in [4.69, 9.17) is 4.74 Å². The number of nitrogens with one attached hydrogen (secondary N) is 1. The van der Waals surface area contributed by atoms with Crippen molar-refractivity contribution in [3.05, 3.63) is 77.9 Å². The number of hydrogen-bond donors (Lipinski definition) is 1. The Labute approximate surface area is 190 Å². The van der Waals surface area contributed by atoms with E-state index in [2.05, 4.69) is 32.3 Å². The molecule has 0 atom stereocenters. The number of para-hydroxylation sites is 1. The fourth-order valence-electron chi connectivity index (χ4n) is 4.27. The average Bonchev–Trinajstić information content (AvgIpc) is 3.15. The maximum atomic E-state index is 12.8. The summed E-state index contributed by atoms with van der Waals surface area (Å²) in [6, 6.07) is 15.0. The molecule has 3 aromatic heterocycles. The van der Waals surface area contributed by atoms with Gasteiger partial charge in [-0.25, -0.2) is 9.97 Å². The van der Waals surface area contributed by atoms with E-state index in [0.717, 1.165) is 60.2 Å². The second-order valence-corrected chi connectivity index (χ2v) is 8.10. The molecule has 1 aliphatic heterocycles. The molecule has 5 rings (SSSR count). The standard InChI is InChI=1S/C25H25F2N5O/c1-17-21(14-18-4-2-3-5-22(18)33-25(26)27)32-16-20(7-9-24(32)30-17)19-6-8-23(29-15-19)31-12-10-28-11-13-31/h2-9,15-16,25,28H,10-14H2,1H3. The Balaban J connectivity index is 1.46. The van der Waals surface area contributed by atoms with Crippen LogP contribution in [0.15, 0.2) is 60.9 Å². The maximum Gasteiger partial charge on any atom is 0.387 e. The molecule has 1 aliphatic rings. The van der Waals surface area contributed by atoms with Gasteiger partial charge >= 0.3 is 6.61 Å². The first-order valence-electron chi connectivity index (χ1n) is 11.0. The number of piperazine rings is 1. The molecular weight excluding hydrogens is 424 g/mol. The van der Waals surface area contributed by atoms with Crippen LogP contribution in [0.25, 0.3) is 16.8 Å². The Kier molecular flexibility index (Phi) is 5.92. The number of anilines is 1. The van der Waals surface area contributed by atoms with Crippen molar-refractivity contribution >= 4 is 11.5 Å². The highest BCUT2D eigenvalue weighted by atomic mass is 19.3. The van der Waals surface area contributed by atoms with E-state index in [1.54, 1.807) is 18.2 Å². The van der Waals surface area contributed by atoms with Gasteiger partial charge in [0.1, 0.15) is 17.2 Å². The van der Waals surface area contributed by atoms with Crippen molar-refractivity contribution in [2.24, 2.45) is 0 Å². The Morgan fingerprint density at radius 2 is 1.82 bits per heavy atom. The van der Waals surface area contributed by atoms with Crippen LogP contribution in [0.5, 0.6) is 5.75 Å². The van der Waals surface area contributed by atoms with Crippen molar-refractivity contribution in [2.45, 2.75) is 20.0 Å². The van der Waals surface area contributed by atoms with Gasteiger partial charge in [-0.3, -0.25) is 0 Å². The molecule has 1 fully saturated rings. The zero-order valence-corrected chi connectivity index (χ0v) is 18.3. The average molecular weight is 450 g/mol. The minimum absolute atomic E-state index is 0.186. The summed E-state index contributed by atoms with van der Waals surface area (Å²) in [6.07, 6.45) is 4.36. The Bertz CT molecular complexity index is 1250. The van der Waals surface area contributed by atoms with Crippen molar-refractivity contribution in [3.8, 4) is 16.9 Å². The van der Waals surface area contributed by atoms with E-state index in [9.17, 15) is 8.78 Å². The molecule has 0 aliphatic carbocycles. The lowest BCUT2D eigenvalue weighted by molar-refractivity contribution is -0.0503. The lowest BCUT2D eigenvalue weighted by Gasteiger charge is -2.28. The number of halogens is 2. The van der Waals surface area contributed by atoms with Gasteiger partial charge in [-0.2, -0.15) is 8.78 Å². The van der Waals surface area contributed by atoms with Gasteiger partial charge in [-0.15, -0.1) is 0 Å². The predicted molar refractivity (Wildman–Crippen MR) is 124 cm³/mol. The Hall–Kier alpha value is -3.52. The van der Waals surface area contributed by atoms with E-state index in [-0.39, 0.29) is 5.75 Å². The number of benzene rings is 1. The van der Waals surface area contributed by atoms with Gasteiger partial charge < -0.3 is 19.4 Å². The van der Waals surface area contributed by atoms with Crippen molar-refractivity contribution in [1.29, 1.82) is 0 Å². The normalized spacial score (nSPS) is 14.2. The third kappa shape index (κ3) is 4.52. The molecular formula is C25H25F2N5O. The van der Waals surface area contributed by atoms with Crippen LogP contribution < -0.4 is 15.0 Å². The van der Waals surface area contributed by atoms with Gasteiger partial charge in [0.2, 0.25) is 0 Å². The fourth-order valence-corrected chi connectivity index (χ4v) is 4.27. The molecule has 4 heterocycles. The van der Waals surface area contributed by atoms with Crippen LogP contribution in [0.2, 0.25) is 0 Å². The minimum Gasteiger partial charge on any atom is -0.435 e. The number of hydrogen-bond acceptors (Lipinski definition) is 5. The zero-order valence-electron chi connectivity index (χ0n) is 18.3. The highest BCUT2D eigenvalue weighted by Gasteiger charge is 2.16. The summed E-state index contributed by atoms with van der Waals surface area (Å²) in [6.45, 7) is 2.91. The summed E-state index contributed by atoms with van der Waals surface area (Å²) in [5.74, 6) is 1.17. The zero-order chi connectivity index (χ0) is 22.8. The second-order valence-electron chi connectivity index (χ2n) is 8.10. The lowest BCUT2D eigenvalue weighted by atomic mass is 10.1. The summed E-state index contributed by atoms with van der Waals surface area (Å²) in [5.41, 5.74) is 5.31. The van der Waals surface area contributed by atoms with Gasteiger partial charge in [-0.1, -0.05) is 18.2 Å². The highest BCUT2D eigenvalue weighted by molar-refractivity contribution is 5.65. The van der Waals surface area contributed by atoms with Crippen LogP contribution in [0.4, 0.5) is 14.6 Å². The number of aromatic nitrogens is 3. The summed E-state index contributed by atoms with van der Waals surface area (Å²) in [7, 11) is 0. The van der Waals surface area contributed by atoms with E-state index in [1.807, 2.05) is 41.9 Å². The van der Waals surface area contributed by atoms with E-state index in [1.165, 1.54) is 0 Å². The lowest BCUT2D eigenvalue weighted by Crippen LogP contribution is -2.43. The fraction of sp³-hybridized carbons (Fsp3) is 0.280. The van der Waals surface area contributed by atoms with Crippen LogP contribution in [-0.2, 0) is 6.42 Å². The third-order valence-electron chi connectivity index (χ3n) is 5.99. The van der Waals surface area contributed by atoms with E-state index in [0.29, 0.717) is 12.0 Å². The molecule has 1 aromatic carbocycles. The number of rotatable bonds is 6. The molecule has 0 amide bonds. The molecule has 33 heavy (non-hydrogen) atoms. The van der Waals surface area contributed by atoms with Gasteiger partial charge in [0.15, 0.2) is 0 Å². The molecule has 8 heteroatoms. The second kappa shape index (κ2) is 9.15. The first kappa shape index (κ1) is 21.3. The highest BCUT2D eigenvalue weighted by Crippen LogP contribution is 2.27. The largest absolute Gasteiger partial charge is 0.435 e. The van der Waals surface area contributed by atoms with Crippen molar-refractivity contribution < 1.29 is 13.5 Å². The van der Waals surface area contributed by atoms with Crippen LogP contribution >= 0.6 is 0 Å². The SMILES string of the molecule is Cc1nc2ccc(-c3ccc(N4CCNCC4)nc3)cn2c1Cc1ccccc1OC(F)F. The van der Waals surface area contributed by atoms with Crippen LogP contribution in [-0.4, -0.2) is 47.2 Å². The Morgan fingerprint density at radius 1 is 1.03 bits per heavy atom. The van der Waals surface area contributed by atoms with Crippen LogP contribution in [0, 0.1) is 6.92 Å². The number of aryl methyl sites for hydroxylation is 1. The number of ether oxygens (including phenoxy) is 1. The van der Waals surface area contributed by atoms with Crippen molar-refractivity contribution in [3.63, 3.8) is 0 Å². The molecule has 1 N–H and O–H groups in total. The Morgan fingerprint density at radius 3 is 2.58 bits per heavy atom. The number of fused-ring (bicyclic) bond motifs is 1. The van der Waals surface area contributed by atoms with Gasteiger partial charge in [-0.05, 0) is 37.3 Å². The maximum absolute atomic E-state index is 12.8. The molecule has 6 nitrogen and oxygen atoms in total. The molecule has 0 unspecified atom stereocenters. The molecule has 0 bridgehead atoms. The topological polar surface area (TPSA) is 54.7 Å². The monoisotopic (exact) mass is 449 g/mol. The number of nitrogens with zero attached hydrogens (tertiary/aromatic N) is 4. The van der Waals surface area contributed by atoms with Crippen LogP contribution in [0.3, 0.4) is 0 Å². The molecule has 0 spiro atoms. The van der Waals surface area contributed by atoms with Crippen molar-refractivity contribution in [2.75, 3.05) is 31.1 Å². The quantitative estimate of drug-likeness (QED) is 0.476. The molecule has 0 saturated carbocycles. The van der Waals surface area contributed by atoms with Gasteiger partial charge in [0.05, 0.1) is 5.69 Å². The van der Waals surface area contributed by atoms with Crippen LogP contribution in [0.1, 0.15) is 17.0 Å².